The average Bonchev–Trinajstić information content (AvgIpc) is 2.81. The smallest absolute Gasteiger partial charge is 0.251 e. The first-order valence-corrected chi connectivity index (χ1v) is 12.8. The van der Waals surface area contributed by atoms with Crippen molar-refractivity contribution < 1.29 is 22.7 Å². The Morgan fingerprint density at radius 2 is 1.71 bits per heavy atom. The van der Waals surface area contributed by atoms with Crippen LogP contribution in [0.4, 0.5) is 5.69 Å². The Morgan fingerprint density at radius 3 is 2.38 bits per heavy atom. The molecule has 34 heavy (non-hydrogen) atoms. The fraction of sp³-hybridized carbons (Fsp3) is 0.208. The second-order valence-electron chi connectivity index (χ2n) is 7.35. The Morgan fingerprint density at radius 1 is 1.00 bits per heavy atom. The molecule has 0 atom stereocenters. The number of anilines is 1. The van der Waals surface area contributed by atoms with E-state index in [1.165, 1.54) is 10.4 Å². The van der Waals surface area contributed by atoms with Crippen LogP contribution >= 0.6 is 23.2 Å². The summed E-state index contributed by atoms with van der Waals surface area (Å²) in [4.78, 5) is 12.4. The standard InChI is InChI=1S/C24H24Cl2N2O5S/c1-32-20-4-3-5-21(15-20)33-13-12-27-24(29)18-8-6-17(7-9-18)16-28(34(2,30)31)23-14-19(25)10-11-22(23)26/h3-11,14-15H,12-13,16H2,1-2H3,(H,27,29). The average molecular weight is 523 g/mol. The molecule has 0 fully saturated rings. The molecule has 0 unspecified atom stereocenters. The lowest BCUT2D eigenvalue weighted by molar-refractivity contribution is 0.0947. The predicted molar refractivity (Wildman–Crippen MR) is 135 cm³/mol. The lowest BCUT2D eigenvalue weighted by Crippen LogP contribution is -2.30. The van der Waals surface area contributed by atoms with Gasteiger partial charge in [0, 0.05) is 16.7 Å². The molecule has 3 aromatic rings. The molecule has 0 saturated carbocycles. The molecule has 0 aromatic heterocycles. The van der Waals surface area contributed by atoms with Crippen LogP contribution < -0.4 is 19.1 Å². The molecule has 1 N–H and O–H groups in total. The van der Waals surface area contributed by atoms with Gasteiger partial charge in [-0.25, -0.2) is 8.42 Å². The molecule has 7 nitrogen and oxygen atoms in total. The van der Waals surface area contributed by atoms with Crippen LogP contribution in [0.25, 0.3) is 0 Å². The molecule has 1 amide bonds. The number of amides is 1. The molecule has 0 aliphatic carbocycles. The number of carbonyl (C=O) groups excluding carboxylic acids is 1. The Labute approximate surface area is 209 Å². The lowest BCUT2D eigenvalue weighted by atomic mass is 10.1. The van der Waals surface area contributed by atoms with Gasteiger partial charge in [-0.3, -0.25) is 9.10 Å². The van der Waals surface area contributed by atoms with E-state index in [-0.39, 0.29) is 23.2 Å². The van der Waals surface area contributed by atoms with E-state index >= 15 is 0 Å². The highest BCUT2D eigenvalue weighted by molar-refractivity contribution is 7.92. The zero-order valence-corrected chi connectivity index (χ0v) is 21.0. The molecule has 180 valence electrons. The summed E-state index contributed by atoms with van der Waals surface area (Å²) in [6.07, 6.45) is 1.10. The second-order valence-corrected chi connectivity index (χ2v) is 10.1. The number of hydrogen-bond acceptors (Lipinski definition) is 5. The minimum absolute atomic E-state index is 0.0369. The zero-order valence-electron chi connectivity index (χ0n) is 18.6. The van der Waals surface area contributed by atoms with E-state index in [0.29, 0.717) is 40.8 Å². The van der Waals surface area contributed by atoms with Gasteiger partial charge in [0.15, 0.2) is 0 Å². The maximum Gasteiger partial charge on any atom is 0.251 e. The van der Waals surface area contributed by atoms with E-state index in [1.54, 1.807) is 55.6 Å². The number of rotatable bonds is 10. The van der Waals surface area contributed by atoms with E-state index in [2.05, 4.69) is 5.32 Å². The number of ether oxygens (including phenoxy) is 2. The molecular weight excluding hydrogens is 499 g/mol. The molecule has 0 aliphatic rings. The van der Waals surface area contributed by atoms with Gasteiger partial charge in [-0.05, 0) is 48.0 Å². The van der Waals surface area contributed by atoms with Crippen molar-refractivity contribution in [3.05, 3.63) is 87.9 Å². The Kier molecular flexibility index (Phi) is 8.66. The third kappa shape index (κ3) is 7.03. The lowest BCUT2D eigenvalue weighted by Gasteiger charge is -2.24. The van der Waals surface area contributed by atoms with Crippen LogP contribution in [0, 0.1) is 0 Å². The number of nitrogens with zero attached hydrogens (tertiary/aromatic N) is 1. The van der Waals surface area contributed by atoms with Crippen molar-refractivity contribution in [3.8, 4) is 11.5 Å². The predicted octanol–water partition coefficient (Wildman–Crippen LogP) is 4.78. The number of carbonyl (C=O) groups is 1. The van der Waals surface area contributed by atoms with Gasteiger partial charge in [0.05, 0.1) is 37.2 Å². The third-order valence-corrected chi connectivity index (χ3v) is 6.50. The van der Waals surface area contributed by atoms with E-state index in [0.717, 1.165) is 6.26 Å². The van der Waals surface area contributed by atoms with Gasteiger partial charge in [0.1, 0.15) is 18.1 Å². The number of sulfonamides is 1. The van der Waals surface area contributed by atoms with E-state index in [4.69, 9.17) is 32.7 Å². The quantitative estimate of drug-likeness (QED) is 0.387. The maximum absolute atomic E-state index is 12.4. The topological polar surface area (TPSA) is 84.9 Å². The highest BCUT2D eigenvalue weighted by atomic mass is 35.5. The van der Waals surface area contributed by atoms with E-state index in [9.17, 15) is 13.2 Å². The summed E-state index contributed by atoms with van der Waals surface area (Å²) < 4.78 is 36.7. The number of hydrogen-bond donors (Lipinski definition) is 1. The first kappa shape index (κ1) is 25.7. The Balaban J connectivity index is 1.59. The monoisotopic (exact) mass is 522 g/mol. The molecular formula is C24H24Cl2N2O5S. The number of benzene rings is 3. The van der Waals surface area contributed by atoms with E-state index in [1.807, 2.05) is 12.1 Å². The summed E-state index contributed by atoms with van der Waals surface area (Å²) in [5, 5.41) is 3.42. The van der Waals surface area contributed by atoms with Gasteiger partial charge >= 0.3 is 0 Å². The molecule has 3 aromatic carbocycles. The summed E-state index contributed by atoms with van der Waals surface area (Å²) >= 11 is 12.2. The van der Waals surface area contributed by atoms with Crippen molar-refractivity contribution in [2.45, 2.75) is 6.54 Å². The zero-order chi connectivity index (χ0) is 24.7. The van der Waals surface area contributed by atoms with Crippen LogP contribution in [-0.4, -0.2) is 40.8 Å². The fourth-order valence-electron chi connectivity index (χ4n) is 3.11. The fourth-order valence-corrected chi connectivity index (χ4v) is 4.44. The molecule has 0 spiro atoms. The molecule has 3 rings (SSSR count). The number of methoxy groups -OCH3 is 1. The molecule has 0 saturated heterocycles. The minimum Gasteiger partial charge on any atom is -0.497 e. The van der Waals surface area contributed by atoms with Crippen LogP contribution in [0.1, 0.15) is 15.9 Å². The maximum atomic E-state index is 12.4. The van der Waals surface area contributed by atoms with Gasteiger partial charge in [0.25, 0.3) is 5.91 Å². The van der Waals surface area contributed by atoms with Crippen LogP contribution in [0.15, 0.2) is 66.7 Å². The van der Waals surface area contributed by atoms with Crippen molar-refractivity contribution in [1.29, 1.82) is 0 Å². The Bertz CT molecular complexity index is 1250. The van der Waals surface area contributed by atoms with Crippen molar-refractivity contribution in [1.82, 2.24) is 5.32 Å². The summed E-state index contributed by atoms with van der Waals surface area (Å²) in [7, 11) is -2.06. The van der Waals surface area contributed by atoms with E-state index < -0.39 is 10.0 Å². The van der Waals surface area contributed by atoms with Crippen LogP contribution in [0.2, 0.25) is 10.0 Å². The van der Waals surface area contributed by atoms with Gasteiger partial charge in [0.2, 0.25) is 10.0 Å². The van der Waals surface area contributed by atoms with Crippen LogP contribution in [0.5, 0.6) is 11.5 Å². The SMILES string of the molecule is COc1cccc(OCCNC(=O)c2ccc(CN(c3cc(Cl)ccc3Cl)S(C)(=O)=O)cc2)c1. The first-order valence-electron chi connectivity index (χ1n) is 10.2. The number of halogens is 2. The summed E-state index contributed by atoms with van der Waals surface area (Å²) in [6, 6.07) is 18.5. The Hall–Kier alpha value is -2.94. The van der Waals surface area contributed by atoms with Crippen molar-refractivity contribution in [2.24, 2.45) is 0 Å². The second kappa shape index (κ2) is 11.5. The minimum atomic E-state index is -3.64. The van der Waals surface area contributed by atoms with Crippen LogP contribution in [0.3, 0.4) is 0 Å². The first-order chi connectivity index (χ1) is 16.2. The molecule has 10 heteroatoms. The summed E-state index contributed by atoms with van der Waals surface area (Å²) in [5.41, 5.74) is 1.41. The number of nitrogens with one attached hydrogen (secondary N) is 1. The summed E-state index contributed by atoms with van der Waals surface area (Å²) in [5.74, 6) is 1.07. The van der Waals surface area contributed by atoms with Crippen molar-refractivity contribution in [2.75, 3.05) is 30.8 Å². The molecule has 0 radical (unpaired) electrons. The van der Waals surface area contributed by atoms with Gasteiger partial charge in [-0.1, -0.05) is 41.4 Å². The van der Waals surface area contributed by atoms with Gasteiger partial charge < -0.3 is 14.8 Å². The van der Waals surface area contributed by atoms with Crippen LogP contribution in [-0.2, 0) is 16.6 Å². The van der Waals surface area contributed by atoms with Gasteiger partial charge in [-0.15, -0.1) is 0 Å². The normalized spacial score (nSPS) is 11.1. The van der Waals surface area contributed by atoms with Gasteiger partial charge in [-0.2, -0.15) is 0 Å². The third-order valence-electron chi connectivity index (χ3n) is 4.82. The molecule has 0 aliphatic heterocycles. The molecule has 0 bridgehead atoms. The van der Waals surface area contributed by atoms with Crippen molar-refractivity contribution in [3.63, 3.8) is 0 Å². The highest BCUT2D eigenvalue weighted by Crippen LogP contribution is 2.31. The van der Waals surface area contributed by atoms with Crippen molar-refractivity contribution >= 4 is 44.8 Å². The molecule has 0 heterocycles. The highest BCUT2D eigenvalue weighted by Gasteiger charge is 2.21. The largest absolute Gasteiger partial charge is 0.497 e. The summed E-state index contributed by atoms with van der Waals surface area (Å²) in [6.45, 7) is 0.642.